The van der Waals surface area contributed by atoms with Gasteiger partial charge in [-0.2, -0.15) is 0 Å². The van der Waals surface area contributed by atoms with Crippen LogP contribution in [-0.4, -0.2) is 19.5 Å². The fourth-order valence-corrected chi connectivity index (χ4v) is 1.21. The molecule has 1 aromatic heterocycles. The topological polar surface area (TPSA) is 25.8 Å². The third-order valence-electron chi connectivity index (χ3n) is 0.970. The SMILES string of the molecule is C=CC[Si]c1ncccn1. The van der Waals surface area contributed by atoms with Crippen molar-refractivity contribution >= 4 is 15.0 Å². The van der Waals surface area contributed by atoms with Crippen molar-refractivity contribution in [2.75, 3.05) is 0 Å². The van der Waals surface area contributed by atoms with E-state index < -0.39 is 0 Å². The summed E-state index contributed by atoms with van der Waals surface area (Å²) in [6.45, 7) is 3.63. The molecule has 0 fully saturated rings. The highest BCUT2D eigenvalue weighted by Crippen LogP contribution is 1.76. The Labute approximate surface area is 62.9 Å². The number of aromatic nitrogens is 2. The van der Waals surface area contributed by atoms with E-state index in [9.17, 15) is 0 Å². The summed E-state index contributed by atoms with van der Waals surface area (Å²) >= 11 is 0. The summed E-state index contributed by atoms with van der Waals surface area (Å²) in [6.07, 6.45) is 5.41. The van der Waals surface area contributed by atoms with Crippen molar-refractivity contribution in [2.24, 2.45) is 0 Å². The Hall–Kier alpha value is -0.963. The van der Waals surface area contributed by atoms with Crippen LogP contribution < -0.4 is 5.45 Å². The monoisotopic (exact) mass is 148 g/mol. The van der Waals surface area contributed by atoms with E-state index in [-0.39, 0.29) is 0 Å². The Morgan fingerprint density at radius 1 is 1.50 bits per heavy atom. The van der Waals surface area contributed by atoms with Gasteiger partial charge in [0.25, 0.3) is 0 Å². The molecule has 0 spiro atoms. The molecular formula is C7H8N2Si. The maximum atomic E-state index is 4.07. The molecule has 0 aromatic carbocycles. The predicted octanol–water partition coefficient (Wildman–Crippen LogP) is 0.410. The van der Waals surface area contributed by atoms with Crippen LogP contribution in [0.25, 0.3) is 0 Å². The van der Waals surface area contributed by atoms with Crippen LogP contribution in [0.15, 0.2) is 31.1 Å². The Morgan fingerprint density at radius 3 is 2.80 bits per heavy atom. The van der Waals surface area contributed by atoms with Gasteiger partial charge in [0.1, 0.15) is 15.0 Å². The molecule has 0 atom stereocenters. The molecule has 1 heterocycles. The average Bonchev–Trinajstić information content (AvgIpc) is 2.03. The van der Waals surface area contributed by atoms with Crippen LogP contribution in [0.4, 0.5) is 0 Å². The molecule has 1 aromatic rings. The number of rotatable bonds is 3. The lowest BCUT2D eigenvalue weighted by Crippen LogP contribution is -2.20. The second-order valence-corrected chi connectivity index (χ2v) is 2.95. The van der Waals surface area contributed by atoms with Crippen molar-refractivity contribution in [3.05, 3.63) is 31.1 Å². The first kappa shape index (κ1) is 7.15. The largest absolute Gasteiger partial charge is 0.247 e. The second kappa shape index (κ2) is 3.95. The van der Waals surface area contributed by atoms with Crippen molar-refractivity contribution in [2.45, 2.75) is 6.04 Å². The third-order valence-corrected chi connectivity index (χ3v) is 2.04. The molecule has 0 saturated heterocycles. The van der Waals surface area contributed by atoms with Gasteiger partial charge >= 0.3 is 0 Å². The van der Waals surface area contributed by atoms with Gasteiger partial charge in [-0.3, -0.25) is 0 Å². The van der Waals surface area contributed by atoms with E-state index in [0.717, 1.165) is 11.5 Å². The summed E-state index contributed by atoms with van der Waals surface area (Å²) in [5.41, 5.74) is 0.919. The van der Waals surface area contributed by atoms with E-state index in [4.69, 9.17) is 0 Å². The summed E-state index contributed by atoms with van der Waals surface area (Å²) in [5.74, 6) is 0. The number of hydrogen-bond donors (Lipinski definition) is 0. The lowest BCUT2D eigenvalue weighted by Gasteiger charge is -1.91. The molecular weight excluding hydrogens is 140 g/mol. The number of allylic oxidation sites excluding steroid dienone is 1. The van der Waals surface area contributed by atoms with E-state index in [1.165, 1.54) is 0 Å². The van der Waals surface area contributed by atoms with E-state index in [1.807, 2.05) is 12.1 Å². The molecule has 50 valence electrons. The zero-order valence-corrected chi connectivity index (χ0v) is 6.62. The average molecular weight is 148 g/mol. The van der Waals surface area contributed by atoms with Crippen LogP contribution in [0.1, 0.15) is 0 Å². The quantitative estimate of drug-likeness (QED) is 0.458. The van der Waals surface area contributed by atoms with Crippen molar-refractivity contribution in [3.8, 4) is 0 Å². The van der Waals surface area contributed by atoms with Crippen LogP contribution in [0, 0.1) is 0 Å². The minimum absolute atomic E-state index is 0.664. The van der Waals surface area contributed by atoms with Crippen LogP contribution in [0.2, 0.25) is 6.04 Å². The van der Waals surface area contributed by atoms with E-state index in [0.29, 0.717) is 9.52 Å². The zero-order chi connectivity index (χ0) is 7.23. The summed E-state index contributed by atoms with van der Waals surface area (Å²) < 4.78 is 0. The molecule has 0 N–H and O–H groups in total. The minimum atomic E-state index is 0.664. The zero-order valence-electron chi connectivity index (χ0n) is 5.62. The maximum absolute atomic E-state index is 4.07. The normalized spacial score (nSPS) is 9.20. The van der Waals surface area contributed by atoms with E-state index in [2.05, 4.69) is 16.5 Å². The van der Waals surface area contributed by atoms with Crippen molar-refractivity contribution in [3.63, 3.8) is 0 Å². The smallest absolute Gasteiger partial charge is 0.139 e. The molecule has 1 rings (SSSR count). The molecule has 2 nitrogen and oxygen atoms in total. The number of nitrogens with zero attached hydrogens (tertiary/aromatic N) is 2. The van der Waals surface area contributed by atoms with Gasteiger partial charge in [0, 0.05) is 12.4 Å². The highest BCUT2D eigenvalue weighted by Gasteiger charge is 1.91. The fraction of sp³-hybridized carbons (Fsp3) is 0.143. The molecule has 0 aliphatic heterocycles. The Morgan fingerprint density at radius 2 is 2.20 bits per heavy atom. The molecule has 10 heavy (non-hydrogen) atoms. The van der Waals surface area contributed by atoms with Crippen LogP contribution in [0.5, 0.6) is 0 Å². The van der Waals surface area contributed by atoms with E-state index >= 15 is 0 Å². The molecule has 0 unspecified atom stereocenters. The molecule has 0 bridgehead atoms. The first-order valence-electron chi connectivity index (χ1n) is 3.05. The van der Waals surface area contributed by atoms with Crippen LogP contribution in [0.3, 0.4) is 0 Å². The Kier molecular flexibility index (Phi) is 2.82. The summed E-state index contributed by atoms with van der Waals surface area (Å²) in [7, 11) is 0.664. The summed E-state index contributed by atoms with van der Waals surface area (Å²) in [6, 6.07) is 2.80. The van der Waals surface area contributed by atoms with Gasteiger partial charge in [-0.15, -0.1) is 6.58 Å². The standard InChI is InChI=1S/C7H8N2Si/c1-2-6-10-7-8-4-3-5-9-7/h2-5H,1,6H2. The van der Waals surface area contributed by atoms with Gasteiger partial charge < -0.3 is 0 Å². The number of hydrogen-bond acceptors (Lipinski definition) is 2. The van der Waals surface area contributed by atoms with Crippen molar-refractivity contribution < 1.29 is 0 Å². The molecule has 0 saturated carbocycles. The first-order valence-corrected chi connectivity index (χ1v) is 4.26. The third kappa shape index (κ3) is 2.11. The highest BCUT2D eigenvalue weighted by molar-refractivity contribution is 6.51. The Balaban J connectivity index is 2.50. The molecule has 0 aliphatic rings. The Bertz CT molecular complexity index is 198. The van der Waals surface area contributed by atoms with Gasteiger partial charge in [-0.25, -0.2) is 9.97 Å². The van der Waals surface area contributed by atoms with Gasteiger partial charge in [0.2, 0.25) is 0 Å². The minimum Gasteiger partial charge on any atom is -0.247 e. The lowest BCUT2D eigenvalue weighted by atomic mass is 10.7. The predicted molar refractivity (Wildman–Crippen MR) is 42.4 cm³/mol. The molecule has 2 radical (unpaired) electrons. The highest BCUT2D eigenvalue weighted by atomic mass is 28.2. The van der Waals surface area contributed by atoms with Crippen LogP contribution >= 0.6 is 0 Å². The van der Waals surface area contributed by atoms with Gasteiger partial charge in [-0.1, -0.05) is 6.08 Å². The molecule has 3 heteroatoms. The van der Waals surface area contributed by atoms with Gasteiger partial charge in [-0.05, 0) is 12.1 Å². The summed E-state index contributed by atoms with van der Waals surface area (Å²) in [5, 5.41) is 0. The molecule has 0 amide bonds. The van der Waals surface area contributed by atoms with Gasteiger partial charge in [0.05, 0.1) is 0 Å². The van der Waals surface area contributed by atoms with Crippen molar-refractivity contribution in [1.82, 2.24) is 9.97 Å². The van der Waals surface area contributed by atoms with Crippen molar-refractivity contribution in [1.29, 1.82) is 0 Å². The first-order chi connectivity index (χ1) is 4.93. The fourth-order valence-electron chi connectivity index (χ4n) is 0.554. The van der Waals surface area contributed by atoms with Gasteiger partial charge in [0.15, 0.2) is 0 Å². The summed E-state index contributed by atoms with van der Waals surface area (Å²) in [4.78, 5) is 8.14. The lowest BCUT2D eigenvalue weighted by molar-refractivity contribution is 1.23. The maximum Gasteiger partial charge on any atom is 0.139 e. The second-order valence-electron chi connectivity index (χ2n) is 1.74. The van der Waals surface area contributed by atoms with Crippen LogP contribution in [-0.2, 0) is 0 Å². The van der Waals surface area contributed by atoms with E-state index in [1.54, 1.807) is 12.4 Å². The molecule has 0 aliphatic carbocycles.